The van der Waals surface area contributed by atoms with Crippen molar-refractivity contribution in [1.82, 2.24) is 5.43 Å². The van der Waals surface area contributed by atoms with Crippen LogP contribution in [-0.4, -0.2) is 18.1 Å². The second kappa shape index (κ2) is 8.97. The summed E-state index contributed by atoms with van der Waals surface area (Å²) in [6.45, 7) is 1.91. The van der Waals surface area contributed by atoms with Crippen molar-refractivity contribution >= 4 is 29.7 Å². The molecule has 1 N–H and O–H groups in total. The van der Waals surface area contributed by atoms with E-state index in [0.717, 1.165) is 11.1 Å². The van der Waals surface area contributed by atoms with Crippen molar-refractivity contribution in [3.63, 3.8) is 0 Å². The lowest BCUT2D eigenvalue weighted by atomic mass is 10.1. The zero-order valence-electron chi connectivity index (χ0n) is 15.1. The van der Waals surface area contributed by atoms with E-state index in [0.29, 0.717) is 21.9 Å². The van der Waals surface area contributed by atoms with Gasteiger partial charge >= 0.3 is 5.97 Å². The van der Waals surface area contributed by atoms with Crippen LogP contribution in [-0.2, 0) is 0 Å². The Labute approximate surface area is 167 Å². The van der Waals surface area contributed by atoms with Crippen molar-refractivity contribution in [2.24, 2.45) is 5.10 Å². The van der Waals surface area contributed by atoms with Gasteiger partial charge in [0.2, 0.25) is 0 Å². The first-order valence-corrected chi connectivity index (χ1v) is 8.87. The third kappa shape index (κ3) is 5.28. The minimum atomic E-state index is -0.418. The summed E-state index contributed by atoms with van der Waals surface area (Å²) < 4.78 is 5.36. The first kappa shape index (κ1) is 19.3. The molecule has 0 heterocycles. The van der Waals surface area contributed by atoms with Crippen LogP contribution in [0.3, 0.4) is 0 Å². The van der Waals surface area contributed by atoms with Gasteiger partial charge in [-0.1, -0.05) is 35.4 Å². The van der Waals surface area contributed by atoms with Gasteiger partial charge in [0.05, 0.1) is 11.8 Å². The molecule has 0 spiro atoms. The summed E-state index contributed by atoms with van der Waals surface area (Å²) >= 11 is 5.86. The summed E-state index contributed by atoms with van der Waals surface area (Å²) in [5.74, 6) is -0.354. The van der Waals surface area contributed by atoms with Crippen LogP contribution in [0.25, 0.3) is 0 Å². The summed E-state index contributed by atoms with van der Waals surface area (Å²) in [7, 11) is 0. The molecule has 0 fully saturated rings. The minimum absolute atomic E-state index is 0.359. The predicted molar refractivity (Wildman–Crippen MR) is 109 cm³/mol. The van der Waals surface area contributed by atoms with Gasteiger partial charge in [-0.2, -0.15) is 5.10 Å². The highest BCUT2D eigenvalue weighted by Crippen LogP contribution is 2.14. The molecule has 5 nitrogen and oxygen atoms in total. The zero-order valence-corrected chi connectivity index (χ0v) is 15.8. The van der Waals surface area contributed by atoms with E-state index in [1.807, 2.05) is 19.1 Å². The quantitative estimate of drug-likeness (QED) is 0.298. The molecular formula is C22H17ClN2O3. The molecule has 3 aromatic rings. The summed E-state index contributed by atoms with van der Waals surface area (Å²) in [4.78, 5) is 24.1. The van der Waals surface area contributed by atoms with Gasteiger partial charge in [0.1, 0.15) is 5.75 Å². The van der Waals surface area contributed by atoms with Crippen molar-refractivity contribution in [1.29, 1.82) is 0 Å². The molecular weight excluding hydrogens is 376 g/mol. The molecule has 0 bridgehead atoms. The molecule has 3 rings (SSSR count). The Hall–Kier alpha value is -3.44. The molecule has 1 amide bonds. The van der Waals surface area contributed by atoms with E-state index in [4.69, 9.17) is 16.3 Å². The normalized spacial score (nSPS) is 10.6. The number of hydrogen-bond donors (Lipinski definition) is 1. The van der Waals surface area contributed by atoms with Crippen molar-refractivity contribution in [3.8, 4) is 5.75 Å². The molecule has 6 heteroatoms. The smallest absolute Gasteiger partial charge is 0.343 e. The summed E-state index contributed by atoms with van der Waals surface area (Å²) in [6.07, 6.45) is 1.49. The number of benzene rings is 3. The van der Waals surface area contributed by atoms with Crippen molar-refractivity contribution in [3.05, 3.63) is 100 Å². The lowest BCUT2D eigenvalue weighted by Crippen LogP contribution is -2.17. The summed E-state index contributed by atoms with van der Waals surface area (Å²) in [5.41, 5.74) is 5.07. The molecule has 0 radical (unpaired) electrons. The zero-order chi connectivity index (χ0) is 19.9. The first-order chi connectivity index (χ1) is 13.5. The molecule has 0 aromatic heterocycles. The number of nitrogens with zero attached hydrogens (tertiary/aromatic N) is 1. The molecule has 0 aliphatic carbocycles. The molecule has 0 atom stereocenters. The van der Waals surface area contributed by atoms with Gasteiger partial charge in [0, 0.05) is 10.6 Å². The highest BCUT2D eigenvalue weighted by atomic mass is 35.5. The Kier molecular flexibility index (Phi) is 6.19. The van der Waals surface area contributed by atoms with Gasteiger partial charge in [-0.15, -0.1) is 0 Å². The number of carbonyl (C=O) groups excluding carboxylic acids is 2. The van der Waals surface area contributed by atoms with Crippen LogP contribution in [0.1, 0.15) is 31.8 Å². The maximum Gasteiger partial charge on any atom is 0.343 e. The third-order valence-electron chi connectivity index (χ3n) is 3.81. The number of carbonyl (C=O) groups is 2. The van der Waals surface area contributed by atoms with Crippen LogP contribution in [0.4, 0.5) is 0 Å². The first-order valence-electron chi connectivity index (χ1n) is 8.49. The Morgan fingerprint density at radius 1 is 0.964 bits per heavy atom. The van der Waals surface area contributed by atoms with Crippen molar-refractivity contribution < 1.29 is 14.3 Å². The largest absolute Gasteiger partial charge is 0.423 e. The van der Waals surface area contributed by atoms with Crippen LogP contribution in [0.15, 0.2) is 77.9 Å². The molecule has 0 saturated carbocycles. The fraction of sp³-hybridized carbons (Fsp3) is 0.0455. The number of hydrogen-bond acceptors (Lipinski definition) is 4. The highest BCUT2D eigenvalue weighted by molar-refractivity contribution is 6.30. The van der Waals surface area contributed by atoms with E-state index in [1.165, 1.54) is 6.21 Å². The van der Waals surface area contributed by atoms with E-state index in [9.17, 15) is 9.59 Å². The Bertz CT molecular complexity index is 1030. The van der Waals surface area contributed by atoms with E-state index in [1.54, 1.807) is 60.7 Å². The summed E-state index contributed by atoms with van der Waals surface area (Å²) in [5, 5.41) is 4.40. The number of nitrogens with one attached hydrogen (secondary N) is 1. The SMILES string of the molecule is Cc1cccc(C(=O)Oc2ccc(C=NNC(=O)c3cccc(Cl)c3)cc2)c1. The molecule has 28 heavy (non-hydrogen) atoms. The van der Waals surface area contributed by atoms with Crippen LogP contribution in [0, 0.1) is 6.92 Å². The van der Waals surface area contributed by atoms with Crippen molar-refractivity contribution in [2.75, 3.05) is 0 Å². The second-order valence-corrected chi connectivity index (χ2v) is 6.47. The molecule has 0 aliphatic rings. The van der Waals surface area contributed by atoms with Crippen molar-refractivity contribution in [2.45, 2.75) is 6.92 Å². The molecule has 140 valence electrons. The maximum absolute atomic E-state index is 12.2. The van der Waals surface area contributed by atoms with Gasteiger partial charge in [-0.25, -0.2) is 10.2 Å². The Morgan fingerprint density at radius 3 is 2.39 bits per heavy atom. The number of rotatable bonds is 5. The number of amides is 1. The lowest BCUT2D eigenvalue weighted by molar-refractivity contribution is 0.0734. The fourth-order valence-corrected chi connectivity index (χ4v) is 2.61. The van der Waals surface area contributed by atoms with Gasteiger partial charge in [-0.3, -0.25) is 4.79 Å². The van der Waals surface area contributed by atoms with Gasteiger partial charge in [-0.05, 0) is 67.1 Å². The molecule has 0 aliphatic heterocycles. The van der Waals surface area contributed by atoms with Crippen LogP contribution < -0.4 is 10.2 Å². The highest BCUT2D eigenvalue weighted by Gasteiger charge is 2.08. The average Bonchev–Trinajstić information content (AvgIpc) is 2.69. The lowest BCUT2D eigenvalue weighted by Gasteiger charge is -2.05. The monoisotopic (exact) mass is 392 g/mol. The molecule has 0 saturated heterocycles. The number of halogens is 1. The van der Waals surface area contributed by atoms with Crippen LogP contribution in [0.5, 0.6) is 5.75 Å². The van der Waals surface area contributed by atoms with Gasteiger partial charge < -0.3 is 4.74 Å². The predicted octanol–water partition coefficient (Wildman–Crippen LogP) is 4.63. The van der Waals surface area contributed by atoms with Crippen LogP contribution >= 0.6 is 11.6 Å². The van der Waals surface area contributed by atoms with Crippen LogP contribution in [0.2, 0.25) is 5.02 Å². The maximum atomic E-state index is 12.2. The van der Waals surface area contributed by atoms with E-state index in [2.05, 4.69) is 10.5 Å². The summed E-state index contributed by atoms with van der Waals surface area (Å²) in [6, 6.07) is 20.6. The number of ether oxygens (including phenoxy) is 1. The standard InChI is InChI=1S/C22H17ClN2O3/c1-15-4-2-6-18(12-15)22(27)28-20-10-8-16(9-11-20)14-24-25-21(26)17-5-3-7-19(23)13-17/h2-14H,1H3,(H,25,26). The Balaban J connectivity index is 1.57. The fourth-order valence-electron chi connectivity index (χ4n) is 2.42. The van der Waals surface area contributed by atoms with E-state index >= 15 is 0 Å². The topological polar surface area (TPSA) is 67.8 Å². The minimum Gasteiger partial charge on any atom is -0.423 e. The Morgan fingerprint density at radius 2 is 1.68 bits per heavy atom. The second-order valence-electron chi connectivity index (χ2n) is 6.04. The number of esters is 1. The average molecular weight is 393 g/mol. The number of aryl methyl sites for hydroxylation is 1. The van der Waals surface area contributed by atoms with Gasteiger partial charge in [0.15, 0.2) is 0 Å². The van der Waals surface area contributed by atoms with E-state index in [-0.39, 0.29) is 5.91 Å². The van der Waals surface area contributed by atoms with E-state index < -0.39 is 5.97 Å². The van der Waals surface area contributed by atoms with Gasteiger partial charge in [0.25, 0.3) is 5.91 Å². The third-order valence-corrected chi connectivity index (χ3v) is 4.05. The molecule has 3 aromatic carbocycles. The molecule has 0 unspecified atom stereocenters. The number of hydrazone groups is 1.